The third-order valence-corrected chi connectivity index (χ3v) is 1.26. The van der Waals surface area contributed by atoms with E-state index in [2.05, 4.69) is 6.58 Å². The molecular weight excluding hydrogens is 156 g/mol. The molecule has 0 saturated carbocycles. The van der Waals surface area contributed by atoms with Gasteiger partial charge in [-0.3, -0.25) is 0 Å². The van der Waals surface area contributed by atoms with Crippen molar-refractivity contribution in [1.82, 2.24) is 0 Å². The SMILES string of the molecule is C=COC(COC)COC(C)C. The average Bonchev–Trinajstić information content (AvgIpc) is 2.01. The molecule has 0 aliphatic rings. The van der Waals surface area contributed by atoms with Crippen LogP contribution in [-0.4, -0.2) is 32.5 Å². The van der Waals surface area contributed by atoms with Gasteiger partial charge in [0.15, 0.2) is 0 Å². The topological polar surface area (TPSA) is 27.7 Å². The molecule has 1 atom stereocenters. The number of ether oxygens (including phenoxy) is 3. The van der Waals surface area contributed by atoms with E-state index in [-0.39, 0.29) is 12.2 Å². The molecule has 0 spiro atoms. The third-order valence-electron chi connectivity index (χ3n) is 1.26. The van der Waals surface area contributed by atoms with Gasteiger partial charge in [0.25, 0.3) is 0 Å². The summed E-state index contributed by atoms with van der Waals surface area (Å²) in [5, 5.41) is 0. The predicted octanol–water partition coefficient (Wildman–Crippen LogP) is 1.59. The van der Waals surface area contributed by atoms with Crippen LogP contribution in [0.25, 0.3) is 0 Å². The summed E-state index contributed by atoms with van der Waals surface area (Å²) in [6, 6.07) is 0. The van der Waals surface area contributed by atoms with E-state index in [4.69, 9.17) is 14.2 Å². The first-order chi connectivity index (χ1) is 5.70. The zero-order chi connectivity index (χ0) is 9.40. The van der Waals surface area contributed by atoms with Gasteiger partial charge in [0.2, 0.25) is 0 Å². The van der Waals surface area contributed by atoms with E-state index < -0.39 is 0 Å². The van der Waals surface area contributed by atoms with Crippen molar-refractivity contribution in [2.75, 3.05) is 20.3 Å². The molecule has 0 aromatic heterocycles. The summed E-state index contributed by atoms with van der Waals surface area (Å²) >= 11 is 0. The number of methoxy groups -OCH3 is 1. The second-order valence-electron chi connectivity index (χ2n) is 2.76. The summed E-state index contributed by atoms with van der Waals surface area (Å²) in [4.78, 5) is 0. The lowest BCUT2D eigenvalue weighted by molar-refractivity contribution is -0.0320. The molecule has 12 heavy (non-hydrogen) atoms. The molecule has 0 heterocycles. The molecule has 3 heteroatoms. The van der Waals surface area contributed by atoms with Gasteiger partial charge in [0, 0.05) is 7.11 Å². The fraction of sp³-hybridized carbons (Fsp3) is 0.778. The van der Waals surface area contributed by atoms with Gasteiger partial charge < -0.3 is 14.2 Å². The molecule has 0 aromatic carbocycles. The first-order valence-electron chi connectivity index (χ1n) is 4.07. The molecule has 0 amide bonds. The predicted molar refractivity (Wildman–Crippen MR) is 48.0 cm³/mol. The van der Waals surface area contributed by atoms with Gasteiger partial charge >= 0.3 is 0 Å². The lowest BCUT2D eigenvalue weighted by Gasteiger charge is -2.17. The van der Waals surface area contributed by atoms with Crippen LogP contribution in [0.5, 0.6) is 0 Å². The average molecular weight is 174 g/mol. The molecule has 0 fully saturated rings. The van der Waals surface area contributed by atoms with Crippen molar-refractivity contribution in [1.29, 1.82) is 0 Å². The second-order valence-corrected chi connectivity index (χ2v) is 2.76. The normalized spacial score (nSPS) is 13.0. The Morgan fingerprint density at radius 1 is 1.33 bits per heavy atom. The molecule has 0 radical (unpaired) electrons. The van der Waals surface area contributed by atoms with Crippen LogP contribution in [0, 0.1) is 0 Å². The van der Waals surface area contributed by atoms with Gasteiger partial charge in [-0.1, -0.05) is 6.58 Å². The monoisotopic (exact) mass is 174 g/mol. The smallest absolute Gasteiger partial charge is 0.144 e. The summed E-state index contributed by atoms with van der Waals surface area (Å²) in [6.45, 7) is 8.51. The van der Waals surface area contributed by atoms with E-state index >= 15 is 0 Å². The molecule has 0 aliphatic heterocycles. The fourth-order valence-electron chi connectivity index (χ4n) is 0.748. The molecule has 0 rings (SSSR count). The van der Waals surface area contributed by atoms with Crippen LogP contribution in [0.2, 0.25) is 0 Å². The summed E-state index contributed by atoms with van der Waals surface area (Å²) < 4.78 is 15.4. The Hall–Kier alpha value is -0.540. The maximum atomic E-state index is 5.36. The number of hydrogen-bond acceptors (Lipinski definition) is 3. The molecule has 0 aromatic rings. The molecule has 0 bridgehead atoms. The van der Waals surface area contributed by atoms with Crippen LogP contribution in [0.15, 0.2) is 12.8 Å². The van der Waals surface area contributed by atoms with Crippen molar-refractivity contribution in [3.63, 3.8) is 0 Å². The standard InChI is InChI=1S/C9H18O3/c1-5-11-9(6-10-4)7-12-8(2)3/h5,8-9H,1,6-7H2,2-4H3. The Labute approximate surface area is 74.3 Å². The minimum Gasteiger partial charge on any atom is -0.494 e. The largest absolute Gasteiger partial charge is 0.494 e. The zero-order valence-corrected chi connectivity index (χ0v) is 8.08. The van der Waals surface area contributed by atoms with Crippen molar-refractivity contribution in [3.05, 3.63) is 12.8 Å². The summed E-state index contributed by atoms with van der Waals surface area (Å²) in [7, 11) is 1.63. The molecule has 1 unspecified atom stereocenters. The Morgan fingerprint density at radius 2 is 2.00 bits per heavy atom. The number of rotatable bonds is 7. The quantitative estimate of drug-likeness (QED) is 0.548. The Bertz CT molecular complexity index is 112. The van der Waals surface area contributed by atoms with Crippen molar-refractivity contribution in [2.24, 2.45) is 0 Å². The third kappa shape index (κ3) is 6.19. The lowest BCUT2D eigenvalue weighted by atomic mass is 10.4. The Balaban J connectivity index is 3.54. The molecule has 0 aliphatic carbocycles. The van der Waals surface area contributed by atoms with Gasteiger partial charge in [-0.15, -0.1) is 0 Å². The van der Waals surface area contributed by atoms with Crippen LogP contribution in [0.3, 0.4) is 0 Å². The summed E-state index contributed by atoms with van der Waals surface area (Å²) in [6.07, 6.45) is 1.58. The van der Waals surface area contributed by atoms with Crippen molar-refractivity contribution in [3.8, 4) is 0 Å². The van der Waals surface area contributed by atoms with E-state index in [1.807, 2.05) is 13.8 Å². The van der Waals surface area contributed by atoms with Gasteiger partial charge in [-0.05, 0) is 13.8 Å². The van der Waals surface area contributed by atoms with Crippen molar-refractivity contribution in [2.45, 2.75) is 26.1 Å². The number of hydrogen-bond donors (Lipinski definition) is 0. The molecular formula is C9H18O3. The maximum Gasteiger partial charge on any atom is 0.144 e. The molecule has 0 N–H and O–H groups in total. The van der Waals surface area contributed by atoms with Gasteiger partial charge in [-0.25, -0.2) is 0 Å². The lowest BCUT2D eigenvalue weighted by Crippen LogP contribution is -2.24. The van der Waals surface area contributed by atoms with Crippen molar-refractivity contribution >= 4 is 0 Å². The van der Waals surface area contributed by atoms with Crippen LogP contribution in [0.4, 0.5) is 0 Å². The van der Waals surface area contributed by atoms with E-state index in [1.165, 1.54) is 6.26 Å². The summed E-state index contributed by atoms with van der Waals surface area (Å²) in [5.74, 6) is 0. The first-order valence-corrected chi connectivity index (χ1v) is 4.07. The Kier molecular flexibility index (Phi) is 6.81. The van der Waals surface area contributed by atoms with Crippen LogP contribution in [0.1, 0.15) is 13.8 Å². The second kappa shape index (κ2) is 7.13. The fourth-order valence-corrected chi connectivity index (χ4v) is 0.748. The highest BCUT2D eigenvalue weighted by atomic mass is 16.6. The van der Waals surface area contributed by atoms with Crippen LogP contribution < -0.4 is 0 Å². The highest BCUT2D eigenvalue weighted by Crippen LogP contribution is 1.97. The van der Waals surface area contributed by atoms with Crippen molar-refractivity contribution < 1.29 is 14.2 Å². The first kappa shape index (κ1) is 11.5. The van der Waals surface area contributed by atoms with Gasteiger partial charge in [-0.2, -0.15) is 0 Å². The Morgan fingerprint density at radius 3 is 2.42 bits per heavy atom. The minimum absolute atomic E-state index is 0.0464. The van der Waals surface area contributed by atoms with E-state index in [9.17, 15) is 0 Å². The molecule has 72 valence electrons. The maximum absolute atomic E-state index is 5.36. The molecule has 3 nitrogen and oxygen atoms in total. The van der Waals surface area contributed by atoms with E-state index in [1.54, 1.807) is 7.11 Å². The van der Waals surface area contributed by atoms with E-state index in [0.29, 0.717) is 13.2 Å². The van der Waals surface area contributed by atoms with Crippen LogP contribution in [-0.2, 0) is 14.2 Å². The summed E-state index contributed by atoms with van der Waals surface area (Å²) in [5.41, 5.74) is 0. The highest BCUT2D eigenvalue weighted by molar-refractivity contribution is 4.61. The van der Waals surface area contributed by atoms with Crippen LogP contribution >= 0.6 is 0 Å². The molecule has 0 saturated heterocycles. The minimum atomic E-state index is -0.0464. The van der Waals surface area contributed by atoms with Gasteiger partial charge in [0.1, 0.15) is 6.10 Å². The van der Waals surface area contributed by atoms with E-state index in [0.717, 1.165) is 0 Å². The highest BCUT2D eigenvalue weighted by Gasteiger charge is 2.08. The van der Waals surface area contributed by atoms with Gasteiger partial charge in [0.05, 0.1) is 25.6 Å². The zero-order valence-electron chi connectivity index (χ0n) is 8.08.